The van der Waals surface area contributed by atoms with Gasteiger partial charge in [0.2, 0.25) is 5.95 Å². The van der Waals surface area contributed by atoms with E-state index in [0.717, 1.165) is 25.7 Å². The highest BCUT2D eigenvalue weighted by atomic mass is 16.1. The average molecular weight is 327 g/mol. The molecule has 0 spiro atoms. The second-order valence-electron chi connectivity index (χ2n) is 5.86. The zero-order chi connectivity index (χ0) is 16.9. The van der Waals surface area contributed by atoms with Gasteiger partial charge in [0.15, 0.2) is 0 Å². The van der Waals surface area contributed by atoms with Crippen LogP contribution in [0.5, 0.6) is 0 Å². The number of nitrogens with zero attached hydrogens (tertiary/aromatic N) is 3. The highest BCUT2D eigenvalue weighted by Gasteiger charge is 2.23. The fourth-order valence-electron chi connectivity index (χ4n) is 2.79. The predicted molar refractivity (Wildman–Crippen MR) is 91.9 cm³/mol. The van der Waals surface area contributed by atoms with Crippen LogP contribution < -0.4 is 22.1 Å². The summed E-state index contributed by atoms with van der Waals surface area (Å²) >= 11 is 0. The van der Waals surface area contributed by atoms with E-state index in [2.05, 4.69) is 25.6 Å². The molecule has 24 heavy (non-hydrogen) atoms. The van der Waals surface area contributed by atoms with Crippen LogP contribution in [-0.2, 0) is 0 Å². The van der Waals surface area contributed by atoms with E-state index in [9.17, 15) is 4.79 Å². The monoisotopic (exact) mass is 327 g/mol. The zero-order valence-electron chi connectivity index (χ0n) is 13.3. The minimum Gasteiger partial charge on any atom is -0.365 e. The van der Waals surface area contributed by atoms with E-state index in [1.54, 1.807) is 18.3 Å². The smallest absolute Gasteiger partial charge is 0.254 e. The van der Waals surface area contributed by atoms with Gasteiger partial charge in [0.1, 0.15) is 17.2 Å². The standard InChI is InChI=1S/C16H21N7O/c17-11-5-1-2-6-12(11)21-16-20-9-10(14(18)24)15(23-16)22-13-7-3-4-8-19-13/h3-4,7-9,11-12H,1-2,5-6,17H2,(H2,18,24)(H2,19,20,21,22,23). The Morgan fingerprint density at radius 1 is 1.21 bits per heavy atom. The molecule has 2 atom stereocenters. The second kappa shape index (κ2) is 7.22. The lowest BCUT2D eigenvalue weighted by atomic mass is 9.91. The summed E-state index contributed by atoms with van der Waals surface area (Å²) in [5.74, 6) is 0.706. The number of anilines is 3. The predicted octanol–water partition coefficient (Wildman–Crippen LogP) is 1.40. The summed E-state index contributed by atoms with van der Waals surface area (Å²) in [6, 6.07) is 5.61. The van der Waals surface area contributed by atoms with Gasteiger partial charge >= 0.3 is 0 Å². The van der Waals surface area contributed by atoms with E-state index in [0.29, 0.717) is 17.6 Å². The first-order valence-corrected chi connectivity index (χ1v) is 8.00. The van der Waals surface area contributed by atoms with Gasteiger partial charge in [-0.3, -0.25) is 4.79 Å². The molecule has 1 saturated carbocycles. The molecule has 2 aromatic heterocycles. The molecule has 0 aromatic carbocycles. The Bertz CT molecular complexity index is 707. The van der Waals surface area contributed by atoms with Crippen molar-refractivity contribution in [2.45, 2.75) is 37.8 Å². The first kappa shape index (κ1) is 16.1. The van der Waals surface area contributed by atoms with Crippen LogP contribution in [0.4, 0.5) is 17.6 Å². The third kappa shape index (κ3) is 3.77. The van der Waals surface area contributed by atoms with Crippen molar-refractivity contribution in [3.05, 3.63) is 36.2 Å². The molecule has 1 aliphatic carbocycles. The Hall–Kier alpha value is -2.74. The molecule has 0 bridgehead atoms. The molecule has 0 saturated heterocycles. The van der Waals surface area contributed by atoms with Gasteiger partial charge in [-0.1, -0.05) is 18.9 Å². The van der Waals surface area contributed by atoms with Gasteiger partial charge < -0.3 is 22.1 Å². The molecule has 0 radical (unpaired) electrons. The summed E-state index contributed by atoms with van der Waals surface area (Å²) in [6.07, 6.45) is 7.29. The van der Waals surface area contributed by atoms with E-state index in [4.69, 9.17) is 11.5 Å². The normalized spacial score (nSPS) is 20.4. The van der Waals surface area contributed by atoms with Crippen molar-refractivity contribution < 1.29 is 4.79 Å². The molecule has 1 amide bonds. The molecule has 8 nitrogen and oxygen atoms in total. The lowest BCUT2D eigenvalue weighted by molar-refractivity contribution is 0.100. The summed E-state index contributed by atoms with van der Waals surface area (Å²) in [5, 5.41) is 6.27. The molecule has 8 heteroatoms. The molecule has 0 aliphatic heterocycles. The van der Waals surface area contributed by atoms with Crippen LogP contribution in [0, 0.1) is 0 Å². The first-order valence-electron chi connectivity index (χ1n) is 8.00. The molecule has 6 N–H and O–H groups in total. The van der Waals surface area contributed by atoms with E-state index < -0.39 is 5.91 Å². The van der Waals surface area contributed by atoms with Crippen LogP contribution in [-0.4, -0.2) is 32.9 Å². The number of rotatable bonds is 5. The molecular formula is C16H21N7O. The summed E-state index contributed by atoms with van der Waals surface area (Å²) in [7, 11) is 0. The third-order valence-corrected chi connectivity index (χ3v) is 4.10. The molecule has 1 aliphatic rings. The van der Waals surface area contributed by atoms with Crippen molar-refractivity contribution in [1.29, 1.82) is 0 Å². The maximum atomic E-state index is 11.6. The maximum Gasteiger partial charge on any atom is 0.254 e. The molecular weight excluding hydrogens is 306 g/mol. The lowest BCUT2D eigenvalue weighted by Crippen LogP contribution is -2.43. The number of hydrogen-bond donors (Lipinski definition) is 4. The SMILES string of the molecule is NC(=O)c1cnc(NC2CCCCC2N)nc1Nc1ccccn1. The number of amides is 1. The summed E-state index contributed by atoms with van der Waals surface area (Å²) < 4.78 is 0. The van der Waals surface area contributed by atoms with Crippen molar-refractivity contribution in [2.24, 2.45) is 11.5 Å². The lowest BCUT2D eigenvalue weighted by Gasteiger charge is -2.29. The van der Waals surface area contributed by atoms with Crippen LogP contribution in [0.3, 0.4) is 0 Å². The number of carbonyl (C=O) groups is 1. The number of nitrogens with one attached hydrogen (secondary N) is 2. The van der Waals surface area contributed by atoms with Crippen molar-refractivity contribution in [3.8, 4) is 0 Å². The van der Waals surface area contributed by atoms with Gasteiger partial charge in [0.05, 0.1) is 0 Å². The fourth-order valence-corrected chi connectivity index (χ4v) is 2.79. The molecule has 2 heterocycles. The average Bonchev–Trinajstić information content (AvgIpc) is 2.58. The number of primary amides is 1. The first-order chi connectivity index (χ1) is 11.6. The van der Waals surface area contributed by atoms with Crippen LogP contribution in [0.1, 0.15) is 36.0 Å². The Morgan fingerprint density at radius 2 is 2.04 bits per heavy atom. The van der Waals surface area contributed by atoms with Gasteiger partial charge in [-0.05, 0) is 25.0 Å². The van der Waals surface area contributed by atoms with Crippen molar-refractivity contribution >= 4 is 23.5 Å². The molecule has 3 rings (SSSR count). The summed E-state index contributed by atoms with van der Waals surface area (Å²) in [5.41, 5.74) is 11.8. The van der Waals surface area contributed by atoms with Crippen LogP contribution in [0.2, 0.25) is 0 Å². The Kier molecular flexibility index (Phi) is 4.85. The van der Waals surface area contributed by atoms with Gasteiger partial charge in [0, 0.05) is 24.5 Å². The second-order valence-corrected chi connectivity index (χ2v) is 5.86. The molecule has 1 fully saturated rings. The molecule has 2 unspecified atom stereocenters. The topological polar surface area (TPSA) is 132 Å². The van der Waals surface area contributed by atoms with Crippen molar-refractivity contribution in [2.75, 3.05) is 10.6 Å². The van der Waals surface area contributed by atoms with Gasteiger partial charge in [0.25, 0.3) is 5.91 Å². The van der Waals surface area contributed by atoms with Crippen LogP contribution in [0.25, 0.3) is 0 Å². The highest BCUT2D eigenvalue weighted by Crippen LogP contribution is 2.22. The van der Waals surface area contributed by atoms with E-state index in [1.165, 1.54) is 6.20 Å². The van der Waals surface area contributed by atoms with E-state index >= 15 is 0 Å². The summed E-state index contributed by atoms with van der Waals surface area (Å²) in [6.45, 7) is 0. The Labute approximate surface area is 140 Å². The largest absolute Gasteiger partial charge is 0.365 e. The number of nitrogens with two attached hydrogens (primary N) is 2. The number of aromatic nitrogens is 3. The Morgan fingerprint density at radius 3 is 2.75 bits per heavy atom. The number of pyridine rings is 1. The summed E-state index contributed by atoms with van der Waals surface area (Å²) in [4.78, 5) is 24.4. The van der Waals surface area contributed by atoms with Gasteiger partial charge in [-0.15, -0.1) is 0 Å². The fraction of sp³-hybridized carbons (Fsp3) is 0.375. The highest BCUT2D eigenvalue weighted by molar-refractivity contribution is 5.98. The zero-order valence-corrected chi connectivity index (χ0v) is 13.3. The van der Waals surface area contributed by atoms with Gasteiger partial charge in [-0.25, -0.2) is 9.97 Å². The van der Waals surface area contributed by atoms with Crippen molar-refractivity contribution in [1.82, 2.24) is 15.0 Å². The minimum atomic E-state index is -0.602. The molecule has 2 aromatic rings. The number of carbonyl (C=O) groups excluding carboxylic acids is 1. The molecule has 126 valence electrons. The van der Waals surface area contributed by atoms with Crippen molar-refractivity contribution in [3.63, 3.8) is 0 Å². The quantitative estimate of drug-likeness (QED) is 0.652. The van der Waals surface area contributed by atoms with Crippen LogP contribution >= 0.6 is 0 Å². The van der Waals surface area contributed by atoms with E-state index in [1.807, 2.05) is 6.07 Å². The van der Waals surface area contributed by atoms with Crippen LogP contribution in [0.15, 0.2) is 30.6 Å². The maximum absolute atomic E-state index is 11.6. The number of hydrogen-bond acceptors (Lipinski definition) is 7. The third-order valence-electron chi connectivity index (χ3n) is 4.10. The Balaban J connectivity index is 1.83. The van der Waals surface area contributed by atoms with Gasteiger partial charge in [-0.2, -0.15) is 4.98 Å². The minimum absolute atomic E-state index is 0.0744. The van der Waals surface area contributed by atoms with E-state index in [-0.39, 0.29) is 17.6 Å².